The lowest BCUT2D eigenvalue weighted by Crippen LogP contribution is -2.21. The van der Waals surface area contributed by atoms with Crippen LogP contribution in [0.2, 0.25) is 0 Å². The summed E-state index contributed by atoms with van der Waals surface area (Å²) in [4.78, 5) is 0. The van der Waals surface area contributed by atoms with Gasteiger partial charge in [0.05, 0.1) is 18.3 Å². The summed E-state index contributed by atoms with van der Waals surface area (Å²) >= 11 is 0. The molecule has 0 amide bonds. The van der Waals surface area contributed by atoms with E-state index in [1.807, 2.05) is 24.3 Å². The van der Waals surface area contributed by atoms with E-state index in [4.69, 9.17) is 4.74 Å². The lowest BCUT2D eigenvalue weighted by molar-refractivity contribution is 0.0553. The Morgan fingerprint density at radius 1 is 1.22 bits per heavy atom. The third-order valence-electron chi connectivity index (χ3n) is 2.76. The van der Waals surface area contributed by atoms with Gasteiger partial charge in [-0.1, -0.05) is 12.1 Å². The molecule has 0 bridgehead atoms. The standard InChI is InChI=1S/C15H24O3/c1-12(16)4-5-13-6-8-14(9-7-13)18-11-10-15(2,3)17/h6-9,12,16-17H,4-5,10-11H2,1-3H3. The topological polar surface area (TPSA) is 49.7 Å². The minimum atomic E-state index is -0.683. The van der Waals surface area contributed by atoms with Gasteiger partial charge in [0.1, 0.15) is 5.75 Å². The third-order valence-corrected chi connectivity index (χ3v) is 2.76. The van der Waals surface area contributed by atoms with Gasteiger partial charge in [0.2, 0.25) is 0 Å². The van der Waals surface area contributed by atoms with Crippen molar-refractivity contribution in [1.29, 1.82) is 0 Å². The Labute approximate surface area is 109 Å². The zero-order valence-electron chi connectivity index (χ0n) is 11.5. The van der Waals surface area contributed by atoms with E-state index in [1.54, 1.807) is 20.8 Å². The zero-order chi connectivity index (χ0) is 13.6. The molecule has 1 rings (SSSR count). The van der Waals surface area contributed by atoms with Crippen LogP contribution in [0.25, 0.3) is 0 Å². The number of rotatable bonds is 7. The van der Waals surface area contributed by atoms with Gasteiger partial charge in [-0.3, -0.25) is 0 Å². The van der Waals surface area contributed by atoms with E-state index in [0.717, 1.165) is 18.6 Å². The molecule has 0 aromatic heterocycles. The second-order valence-corrected chi connectivity index (χ2v) is 5.44. The molecule has 0 saturated carbocycles. The van der Waals surface area contributed by atoms with E-state index in [2.05, 4.69) is 0 Å². The van der Waals surface area contributed by atoms with Gasteiger partial charge in [-0.25, -0.2) is 0 Å². The summed E-state index contributed by atoms with van der Waals surface area (Å²) in [5, 5.41) is 18.8. The van der Waals surface area contributed by atoms with Crippen molar-refractivity contribution in [3.05, 3.63) is 29.8 Å². The minimum Gasteiger partial charge on any atom is -0.493 e. The first-order valence-corrected chi connectivity index (χ1v) is 6.49. The Hall–Kier alpha value is -1.06. The van der Waals surface area contributed by atoms with Gasteiger partial charge in [-0.05, 0) is 51.3 Å². The first-order valence-electron chi connectivity index (χ1n) is 6.49. The van der Waals surface area contributed by atoms with E-state index in [0.29, 0.717) is 13.0 Å². The molecule has 3 nitrogen and oxygen atoms in total. The molecular weight excluding hydrogens is 228 g/mol. The SMILES string of the molecule is CC(O)CCc1ccc(OCCC(C)(C)O)cc1. The molecule has 18 heavy (non-hydrogen) atoms. The van der Waals surface area contributed by atoms with Gasteiger partial charge < -0.3 is 14.9 Å². The minimum absolute atomic E-state index is 0.257. The highest BCUT2D eigenvalue weighted by Gasteiger charge is 2.11. The maximum Gasteiger partial charge on any atom is 0.119 e. The van der Waals surface area contributed by atoms with Crippen molar-refractivity contribution in [2.24, 2.45) is 0 Å². The van der Waals surface area contributed by atoms with E-state index in [9.17, 15) is 10.2 Å². The van der Waals surface area contributed by atoms with Crippen LogP contribution >= 0.6 is 0 Å². The molecule has 1 atom stereocenters. The first kappa shape index (κ1) is 15.0. The van der Waals surface area contributed by atoms with Gasteiger partial charge in [0.15, 0.2) is 0 Å². The van der Waals surface area contributed by atoms with Crippen molar-refractivity contribution in [3.8, 4) is 5.75 Å². The van der Waals surface area contributed by atoms with E-state index in [-0.39, 0.29) is 6.10 Å². The largest absolute Gasteiger partial charge is 0.493 e. The van der Waals surface area contributed by atoms with Crippen molar-refractivity contribution < 1.29 is 14.9 Å². The van der Waals surface area contributed by atoms with Gasteiger partial charge in [0.25, 0.3) is 0 Å². The second kappa shape index (κ2) is 6.76. The summed E-state index contributed by atoms with van der Waals surface area (Å²) in [6, 6.07) is 7.90. The molecule has 2 N–H and O–H groups in total. The van der Waals surface area contributed by atoms with Crippen molar-refractivity contribution >= 4 is 0 Å². The number of aliphatic hydroxyl groups is 2. The Kier molecular flexibility index (Phi) is 5.63. The number of hydrogen-bond acceptors (Lipinski definition) is 3. The maximum atomic E-state index is 9.56. The number of aliphatic hydroxyl groups excluding tert-OH is 1. The second-order valence-electron chi connectivity index (χ2n) is 5.44. The number of ether oxygens (including phenoxy) is 1. The van der Waals surface area contributed by atoms with E-state index >= 15 is 0 Å². The highest BCUT2D eigenvalue weighted by atomic mass is 16.5. The molecule has 1 aromatic rings. The molecule has 0 saturated heterocycles. The van der Waals surface area contributed by atoms with Gasteiger partial charge >= 0.3 is 0 Å². The Morgan fingerprint density at radius 3 is 2.33 bits per heavy atom. The van der Waals surface area contributed by atoms with Crippen LogP contribution in [-0.2, 0) is 6.42 Å². The Morgan fingerprint density at radius 2 is 1.83 bits per heavy atom. The normalized spacial score (nSPS) is 13.4. The highest BCUT2D eigenvalue weighted by Crippen LogP contribution is 2.15. The summed E-state index contributed by atoms with van der Waals surface area (Å²) < 4.78 is 5.55. The van der Waals surface area contributed by atoms with Crippen LogP contribution in [-0.4, -0.2) is 28.5 Å². The van der Waals surface area contributed by atoms with Crippen molar-refractivity contribution in [2.75, 3.05) is 6.61 Å². The van der Waals surface area contributed by atoms with Crippen LogP contribution in [0.4, 0.5) is 0 Å². The van der Waals surface area contributed by atoms with Crippen LogP contribution in [0.15, 0.2) is 24.3 Å². The predicted octanol–water partition coefficient (Wildman–Crippen LogP) is 2.54. The fourth-order valence-corrected chi connectivity index (χ4v) is 1.55. The molecule has 0 heterocycles. The molecule has 3 heteroatoms. The smallest absolute Gasteiger partial charge is 0.119 e. The van der Waals surface area contributed by atoms with Crippen molar-refractivity contribution in [3.63, 3.8) is 0 Å². The van der Waals surface area contributed by atoms with Crippen LogP contribution in [0.5, 0.6) is 5.75 Å². The molecule has 0 radical (unpaired) electrons. The number of benzene rings is 1. The van der Waals surface area contributed by atoms with E-state index in [1.165, 1.54) is 5.56 Å². The molecule has 102 valence electrons. The first-order chi connectivity index (χ1) is 8.37. The van der Waals surface area contributed by atoms with E-state index < -0.39 is 5.60 Å². The molecule has 0 aliphatic carbocycles. The lowest BCUT2D eigenvalue weighted by Gasteiger charge is -2.17. The van der Waals surface area contributed by atoms with Crippen LogP contribution in [0, 0.1) is 0 Å². The monoisotopic (exact) mass is 252 g/mol. The molecule has 1 unspecified atom stereocenters. The van der Waals surface area contributed by atoms with Crippen LogP contribution < -0.4 is 4.74 Å². The fraction of sp³-hybridized carbons (Fsp3) is 0.600. The van der Waals surface area contributed by atoms with Crippen LogP contribution in [0.3, 0.4) is 0 Å². The molecule has 0 spiro atoms. The maximum absolute atomic E-state index is 9.56. The summed E-state index contributed by atoms with van der Waals surface area (Å²) in [6.45, 7) is 5.86. The Bertz CT molecular complexity index is 336. The third kappa shape index (κ3) is 6.62. The number of hydrogen-bond donors (Lipinski definition) is 2. The van der Waals surface area contributed by atoms with Crippen LogP contribution in [0.1, 0.15) is 39.2 Å². The van der Waals surface area contributed by atoms with Gasteiger partial charge in [0, 0.05) is 6.42 Å². The molecule has 1 aromatic carbocycles. The van der Waals surface area contributed by atoms with Crippen molar-refractivity contribution in [1.82, 2.24) is 0 Å². The van der Waals surface area contributed by atoms with Gasteiger partial charge in [-0.15, -0.1) is 0 Å². The zero-order valence-corrected chi connectivity index (χ0v) is 11.5. The lowest BCUT2D eigenvalue weighted by atomic mass is 10.1. The number of aryl methyl sites for hydroxylation is 1. The highest BCUT2D eigenvalue weighted by molar-refractivity contribution is 5.27. The summed E-state index contributed by atoms with van der Waals surface area (Å²) in [6.07, 6.45) is 2.00. The summed E-state index contributed by atoms with van der Waals surface area (Å²) in [5.41, 5.74) is 0.516. The molecular formula is C15H24O3. The molecule has 0 aliphatic rings. The average Bonchev–Trinajstić information content (AvgIpc) is 2.26. The average molecular weight is 252 g/mol. The van der Waals surface area contributed by atoms with Gasteiger partial charge in [-0.2, -0.15) is 0 Å². The summed E-state index contributed by atoms with van der Waals surface area (Å²) in [7, 11) is 0. The Balaban J connectivity index is 2.36. The fourth-order valence-electron chi connectivity index (χ4n) is 1.55. The summed E-state index contributed by atoms with van der Waals surface area (Å²) in [5.74, 6) is 0.819. The molecule has 0 fully saturated rings. The van der Waals surface area contributed by atoms with Crippen molar-refractivity contribution in [2.45, 2.75) is 51.7 Å². The molecule has 0 aliphatic heterocycles. The predicted molar refractivity (Wildman–Crippen MR) is 72.9 cm³/mol. The quantitative estimate of drug-likeness (QED) is 0.784.